The average molecular weight is 589 g/mol. The first-order valence-corrected chi connectivity index (χ1v) is 17.1. The van der Waals surface area contributed by atoms with Crippen LogP contribution in [0, 0.1) is 0 Å². The van der Waals surface area contributed by atoms with Gasteiger partial charge in [0.25, 0.3) is 0 Å². The molecule has 43 heavy (non-hydrogen) atoms. The standard InChI is InChI=1S/C43H72/c1-27(25-28-23-24-29(37(2,3)4)30(26-28)38(5,6)7)31-32(39(8,9)10)34(41(14,15)16)36(43(20,21)22)35(42(17,18)19)33(31)40(11,12)13/h23-24,26-27H,25H2,1-22H3. The van der Waals surface area contributed by atoms with Gasteiger partial charge in [0.1, 0.15) is 0 Å². The summed E-state index contributed by atoms with van der Waals surface area (Å²) < 4.78 is 0. The lowest BCUT2D eigenvalue weighted by molar-refractivity contribution is 0.449. The molecule has 2 rings (SSSR count). The summed E-state index contributed by atoms with van der Waals surface area (Å²) in [6.07, 6.45) is 1.04. The van der Waals surface area contributed by atoms with Crippen molar-refractivity contribution in [2.24, 2.45) is 0 Å². The molecule has 0 spiro atoms. The maximum absolute atomic E-state index is 2.55. The highest BCUT2D eigenvalue weighted by atomic mass is 14.5. The summed E-state index contributed by atoms with van der Waals surface area (Å²) in [6, 6.07) is 7.41. The normalized spacial score (nSPS) is 15.2. The molecule has 0 radical (unpaired) electrons. The largest absolute Gasteiger partial charge is 0.0587 e. The van der Waals surface area contributed by atoms with Crippen LogP contribution in [0.3, 0.4) is 0 Å². The monoisotopic (exact) mass is 589 g/mol. The molecule has 0 aliphatic heterocycles. The van der Waals surface area contributed by atoms with Crippen LogP contribution in [0.25, 0.3) is 0 Å². The van der Waals surface area contributed by atoms with Crippen LogP contribution in [0.5, 0.6) is 0 Å². The van der Waals surface area contributed by atoms with E-state index in [0.29, 0.717) is 5.92 Å². The minimum Gasteiger partial charge on any atom is -0.0587 e. The number of rotatable bonds is 3. The fourth-order valence-corrected chi connectivity index (χ4v) is 7.52. The van der Waals surface area contributed by atoms with Gasteiger partial charge in [-0.3, -0.25) is 0 Å². The van der Waals surface area contributed by atoms with Crippen molar-refractivity contribution in [3.8, 4) is 0 Å². The molecule has 0 heteroatoms. The lowest BCUT2D eigenvalue weighted by Gasteiger charge is -2.47. The maximum atomic E-state index is 2.55. The van der Waals surface area contributed by atoms with Gasteiger partial charge in [0.05, 0.1) is 0 Å². The van der Waals surface area contributed by atoms with Crippen molar-refractivity contribution in [2.75, 3.05) is 0 Å². The second kappa shape index (κ2) is 11.4. The second-order valence-corrected chi connectivity index (χ2v) is 21.0. The van der Waals surface area contributed by atoms with Crippen LogP contribution in [0.4, 0.5) is 0 Å². The van der Waals surface area contributed by atoms with Gasteiger partial charge < -0.3 is 0 Å². The van der Waals surface area contributed by atoms with Gasteiger partial charge in [-0.25, -0.2) is 0 Å². The smallest absolute Gasteiger partial charge is 0.0126 e. The third-order valence-corrected chi connectivity index (χ3v) is 9.02. The molecule has 0 bridgehead atoms. The van der Waals surface area contributed by atoms with Gasteiger partial charge >= 0.3 is 0 Å². The van der Waals surface area contributed by atoms with Gasteiger partial charge in [0.15, 0.2) is 0 Å². The van der Waals surface area contributed by atoms with Crippen molar-refractivity contribution < 1.29 is 0 Å². The molecule has 0 aliphatic carbocycles. The van der Waals surface area contributed by atoms with Gasteiger partial charge in [-0.15, -0.1) is 0 Å². The van der Waals surface area contributed by atoms with Crippen molar-refractivity contribution in [1.29, 1.82) is 0 Å². The van der Waals surface area contributed by atoms with Gasteiger partial charge in [0.2, 0.25) is 0 Å². The number of hydrogen-bond donors (Lipinski definition) is 0. The molecule has 2 aromatic rings. The molecule has 244 valence electrons. The van der Waals surface area contributed by atoms with Gasteiger partial charge in [0, 0.05) is 0 Å². The van der Waals surface area contributed by atoms with Crippen LogP contribution in [-0.4, -0.2) is 0 Å². The molecule has 0 heterocycles. The molecule has 0 nitrogen and oxygen atoms in total. The molecule has 2 aromatic carbocycles. The van der Waals surface area contributed by atoms with E-state index in [1.54, 1.807) is 33.4 Å². The highest BCUT2D eigenvalue weighted by Gasteiger charge is 2.43. The maximum Gasteiger partial charge on any atom is -0.0126 e. The van der Waals surface area contributed by atoms with Crippen LogP contribution < -0.4 is 0 Å². The van der Waals surface area contributed by atoms with E-state index in [1.165, 1.54) is 16.7 Å². The molecule has 0 saturated heterocycles. The zero-order valence-electron chi connectivity index (χ0n) is 33.0. The first-order valence-electron chi connectivity index (χ1n) is 17.1. The summed E-state index contributed by atoms with van der Waals surface area (Å²) in [6.45, 7) is 53.5. The van der Waals surface area contributed by atoms with Crippen LogP contribution in [-0.2, 0) is 44.3 Å². The highest BCUT2D eigenvalue weighted by Crippen LogP contribution is 2.53. The SMILES string of the molecule is CC(Cc1ccc(C(C)(C)C)c(C(C)(C)C)c1)c1c(C(C)(C)C)c(C(C)(C)C)c(C(C)(C)C)c(C(C)(C)C)c1C(C)(C)C. The molecular weight excluding hydrogens is 516 g/mol. The predicted molar refractivity (Wildman–Crippen MR) is 196 cm³/mol. The summed E-state index contributed by atoms with van der Waals surface area (Å²) >= 11 is 0. The van der Waals surface area contributed by atoms with Crippen molar-refractivity contribution >= 4 is 0 Å². The Labute approximate surface area is 270 Å². The van der Waals surface area contributed by atoms with E-state index in [0.717, 1.165) is 6.42 Å². The number of hydrogen-bond acceptors (Lipinski definition) is 0. The van der Waals surface area contributed by atoms with Gasteiger partial charge in [-0.2, -0.15) is 0 Å². The first-order chi connectivity index (χ1) is 18.7. The lowest BCUT2D eigenvalue weighted by atomic mass is 9.57. The van der Waals surface area contributed by atoms with Gasteiger partial charge in [-0.1, -0.05) is 171 Å². The predicted octanol–water partition coefficient (Wildman–Crippen LogP) is 13.1. The molecule has 0 aromatic heterocycles. The Morgan fingerprint density at radius 1 is 0.395 bits per heavy atom. The molecule has 0 N–H and O–H groups in total. The van der Waals surface area contributed by atoms with Crippen molar-refractivity contribution in [3.05, 3.63) is 68.3 Å². The van der Waals surface area contributed by atoms with Crippen molar-refractivity contribution in [3.63, 3.8) is 0 Å². The van der Waals surface area contributed by atoms with E-state index in [9.17, 15) is 0 Å². The Balaban J connectivity index is 3.22. The minimum absolute atomic E-state index is 0.00921. The van der Waals surface area contributed by atoms with Crippen molar-refractivity contribution in [2.45, 2.75) is 203 Å². The molecule has 1 unspecified atom stereocenters. The summed E-state index contributed by atoms with van der Waals surface area (Å²) in [4.78, 5) is 0. The average Bonchev–Trinajstić information content (AvgIpc) is 2.72. The topological polar surface area (TPSA) is 0 Å². The van der Waals surface area contributed by atoms with E-state index in [2.05, 4.69) is 171 Å². The minimum atomic E-state index is 0.00921. The summed E-state index contributed by atoms with van der Waals surface area (Å²) in [7, 11) is 0. The first kappa shape index (κ1) is 37.6. The summed E-state index contributed by atoms with van der Waals surface area (Å²) in [5.74, 6) is 0.382. The van der Waals surface area contributed by atoms with Gasteiger partial charge in [-0.05, 0) is 100 Å². The van der Waals surface area contributed by atoms with Crippen LogP contribution in [0.15, 0.2) is 18.2 Å². The van der Waals surface area contributed by atoms with E-state index >= 15 is 0 Å². The van der Waals surface area contributed by atoms with E-state index in [-0.39, 0.29) is 37.9 Å². The third-order valence-electron chi connectivity index (χ3n) is 9.02. The van der Waals surface area contributed by atoms with E-state index in [1.807, 2.05) is 0 Å². The zero-order valence-corrected chi connectivity index (χ0v) is 33.0. The quantitative estimate of drug-likeness (QED) is 0.334. The molecule has 0 saturated carbocycles. The molecule has 1 atom stereocenters. The Kier molecular flexibility index (Phi) is 9.93. The molecule has 0 fully saturated rings. The van der Waals surface area contributed by atoms with Crippen LogP contribution in [0.1, 0.15) is 208 Å². The third kappa shape index (κ3) is 8.19. The fourth-order valence-electron chi connectivity index (χ4n) is 7.52. The molecular formula is C43H72. The Morgan fingerprint density at radius 3 is 0.977 bits per heavy atom. The van der Waals surface area contributed by atoms with E-state index < -0.39 is 0 Å². The Bertz CT molecular complexity index is 1240. The van der Waals surface area contributed by atoms with Crippen LogP contribution >= 0.6 is 0 Å². The van der Waals surface area contributed by atoms with Crippen LogP contribution in [0.2, 0.25) is 0 Å². The Hall–Kier alpha value is -1.56. The zero-order chi connectivity index (χ0) is 34.1. The highest BCUT2D eigenvalue weighted by molar-refractivity contribution is 5.63. The number of benzene rings is 2. The Morgan fingerprint density at radius 2 is 0.698 bits per heavy atom. The molecule has 0 amide bonds. The van der Waals surface area contributed by atoms with E-state index in [4.69, 9.17) is 0 Å². The van der Waals surface area contributed by atoms with Crippen molar-refractivity contribution in [1.82, 2.24) is 0 Å². The lowest BCUT2D eigenvalue weighted by Crippen LogP contribution is -2.37. The fraction of sp³-hybridized carbons (Fsp3) is 0.721. The summed E-state index contributed by atoms with van der Waals surface area (Å²) in [5.41, 5.74) is 14.3. The summed E-state index contributed by atoms with van der Waals surface area (Å²) in [5, 5.41) is 0. The molecule has 0 aliphatic rings. The second-order valence-electron chi connectivity index (χ2n) is 21.0.